The molecule has 186 valence electrons. The topological polar surface area (TPSA) is 75.8 Å². The summed E-state index contributed by atoms with van der Waals surface area (Å²) in [6, 6.07) is 7.66. The third kappa shape index (κ3) is 4.69. The number of hydrogen-bond donors (Lipinski definition) is 1. The highest BCUT2D eigenvalue weighted by molar-refractivity contribution is 6.26. The highest BCUT2D eigenvalue weighted by Gasteiger charge is 2.48. The largest absolute Gasteiger partial charge is 0.508 e. The number of aliphatic hydroxyl groups is 1. The molecule has 0 unspecified atom stereocenters. The van der Waals surface area contributed by atoms with E-state index >= 15 is 0 Å². The third-order valence-electron chi connectivity index (χ3n) is 6.26. The molecule has 2 aliphatic rings. The van der Waals surface area contributed by atoms with Crippen molar-refractivity contribution in [3.05, 3.63) is 63.8 Å². The van der Waals surface area contributed by atoms with Crippen LogP contribution in [0.4, 0.5) is 18.9 Å². The molecule has 1 fully saturated rings. The second-order valence-electron chi connectivity index (χ2n) is 9.98. The summed E-state index contributed by atoms with van der Waals surface area (Å²) in [6.07, 6.45) is -2.75. The molecule has 0 spiro atoms. The number of nitroso groups, excluding NO2 is 1. The fraction of sp³-hybridized carbons (Fsp3) is 0.423. The Morgan fingerprint density at radius 1 is 1.06 bits per heavy atom. The molecule has 1 N–H and O–H groups in total. The molecule has 6 nitrogen and oxygen atoms in total. The zero-order valence-corrected chi connectivity index (χ0v) is 20.1. The second-order valence-corrected chi connectivity index (χ2v) is 9.98. The van der Waals surface area contributed by atoms with Crippen molar-refractivity contribution in [3.63, 3.8) is 0 Å². The lowest BCUT2D eigenvalue weighted by Crippen LogP contribution is -2.49. The van der Waals surface area contributed by atoms with Crippen LogP contribution in [0.3, 0.4) is 0 Å². The van der Waals surface area contributed by atoms with Crippen LogP contribution in [0, 0.1) is 4.91 Å². The van der Waals surface area contributed by atoms with Crippen molar-refractivity contribution in [2.75, 3.05) is 7.05 Å². The van der Waals surface area contributed by atoms with Crippen molar-refractivity contribution in [2.24, 2.45) is 0 Å². The van der Waals surface area contributed by atoms with Crippen LogP contribution >= 0.6 is 0 Å². The first-order chi connectivity index (χ1) is 16.1. The highest BCUT2D eigenvalue weighted by Crippen LogP contribution is 2.48. The van der Waals surface area contributed by atoms with Crippen molar-refractivity contribution >= 4 is 17.0 Å². The number of Topliss-reactive ketones (excluding diaryl/α,β-unsaturated/α-hetero) is 1. The van der Waals surface area contributed by atoms with E-state index in [1.165, 1.54) is 0 Å². The maximum absolute atomic E-state index is 13.3. The minimum atomic E-state index is -4.62. The number of alkyl halides is 3. The predicted molar refractivity (Wildman–Crippen MR) is 123 cm³/mol. The summed E-state index contributed by atoms with van der Waals surface area (Å²) in [6.45, 7) is 6.62. The van der Waals surface area contributed by atoms with Crippen molar-refractivity contribution in [2.45, 2.75) is 63.8 Å². The Bertz CT molecular complexity index is 1260. The summed E-state index contributed by atoms with van der Waals surface area (Å²) in [5.74, 6) is -0.228. The van der Waals surface area contributed by atoms with Gasteiger partial charge < -0.3 is 14.6 Å². The normalized spacial score (nSPS) is 19.6. The lowest BCUT2D eigenvalue weighted by molar-refractivity contribution is -0.429. The molecule has 2 aromatic rings. The zero-order chi connectivity index (χ0) is 25.9. The van der Waals surface area contributed by atoms with Gasteiger partial charge in [0.1, 0.15) is 22.7 Å². The first-order valence-electron chi connectivity index (χ1n) is 11.2. The van der Waals surface area contributed by atoms with Gasteiger partial charge in [-0.15, -0.1) is 0 Å². The van der Waals surface area contributed by atoms with Crippen LogP contribution in [0.5, 0.6) is 11.5 Å². The number of ketones is 1. The first-order valence-corrected chi connectivity index (χ1v) is 11.2. The molecule has 2 aromatic carbocycles. The minimum absolute atomic E-state index is 0.0715. The number of aliphatic hydroxyl groups excluding tert-OH is 1. The third-order valence-corrected chi connectivity index (χ3v) is 6.26. The highest BCUT2D eigenvalue weighted by atomic mass is 19.4. The van der Waals surface area contributed by atoms with Gasteiger partial charge in [0.15, 0.2) is 12.8 Å². The number of ether oxygens (including phenoxy) is 2. The summed E-state index contributed by atoms with van der Waals surface area (Å²) in [4.78, 5) is 25.3. The van der Waals surface area contributed by atoms with Gasteiger partial charge in [0, 0.05) is 15.7 Å². The van der Waals surface area contributed by atoms with E-state index < -0.39 is 22.9 Å². The fourth-order valence-electron chi connectivity index (χ4n) is 4.41. The molecule has 0 bridgehead atoms. The van der Waals surface area contributed by atoms with E-state index in [0.29, 0.717) is 10.3 Å². The zero-order valence-electron chi connectivity index (χ0n) is 20.1. The van der Waals surface area contributed by atoms with E-state index in [4.69, 9.17) is 9.47 Å². The maximum atomic E-state index is 13.3. The first kappa shape index (κ1) is 24.9. The van der Waals surface area contributed by atoms with Crippen LogP contribution in [-0.4, -0.2) is 33.9 Å². The molecule has 0 amide bonds. The molecule has 0 saturated heterocycles. The van der Waals surface area contributed by atoms with Crippen molar-refractivity contribution in [1.82, 2.24) is 0 Å². The number of halogens is 3. The van der Waals surface area contributed by atoms with Crippen LogP contribution in [0.1, 0.15) is 63.1 Å². The van der Waals surface area contributed by atoms with Gasteiger partial charge in [0.05, 0.1) is 11.1 Å². The van der Waals surface area contributed by atoms with Crippen LogP contribution in [0.2, 0.25) is 0 Å². The van der Waals surface area contributed by atoms with Gasteiger partial charge in [0.2, 0.25) is 5.75 Å². The van der Waals surface area contributed by atoms with E-state index in [-0.39, 0.29) is 40.2 Å². The molecule has 1 saturated carbocycles. The molecule has 1 aliphatic heterocycles. The lowest BCUT2D eigenvalue weighted by Gasteiger charge is -2.40. The molecule has 0 radical (unpaired) electrons. The molecule has 0 atom stereocenters. The number of rotatable bonds is 5. The van der Waals surface area contributed by atoms with E-state index in [1.807, 2.05) is 0 Å². The van der Waals surface area contributed by atoms with Crippen molar-refractivity contribution < 1.29 is 37.3 Å². The van der Waals surface area contributed by atoms with Crippen LogP contribution in [0.15, 0.2) is 42.2 Å². The summed E-state index contributed by atoms with van der Waals surface area (Å²) in [7, 11) is 1.08. The van der Waals surface area contributed by atoms with Crippen molar-refractivity contribution in [3.8, 4) is 11.5 Å². The molecule has 1 aliphatic carbocycles. The Morgan fingerprint density at radius 2 is 1.71 bits per heavy atom. The lowest BCUT2D eigenvalue weighted by atomic mass is 9.81. The molecule has 0 aromatic heterocycles. The molecule has 35 heavy (non-hydrogen) atoms. The summed E-state index contributed by atoms with van der Waals surface area (Å²) in [5, 5.41) is 11.0. The fourth-order valence-corrected chi connectivity index (χ4v) is 4.41. The van der Waals surface area contributed by atoms with Gasteiger partial charge in [-0.25, -0.2) is 0 Å². The Balaban J connectivity index is 1.83. The SMILES string of the molecule is C[N+](=O)c1cc(C(F)(F)F)ccc1Oc1ccc(C2CC2)c(C2=C(O)C(C)(C)OC(C)(C)C2=O)c1. The number of benzene rings is 2. The van der Waals surface area contributed by atoms with Crippen LogP contribution in [-0.2, 0) is 15.7 Å². The predicted octanol–water partition coefficient (Wildman–Crippen LogP) is 6.84. The Kier molecular flexibility index (Phi) is 5.83. The van der Waals surface area contributed by atoms with Crippen molar-refractivity contribution in [1.29, 1.82) is 0 Å². The van der Waals surface area contributed by atoms with Gasteiger partial charge in [-0.1, -0.05) is 6.07 Å². The quantitative estimate of drug-likeness (QED) is 0.465. The Morgan fingerprint density at radius 3 is 2.29 bits per heavy atom. The number of carbonyl (C=O) groups excluding carboxylic acids is 1. The standard InChI is InChI=1S/C26H26F3NO5/c1-24(2)22(31)21(23(32)25(3,4)35-24)18-13-16(9-10-17(18)14-6-7-14)34-20-11-8-15(26(27,28)29)12-19(20)30(5)33/h8-14H,6-7H2,1-5H3/p+1. The van der Waals surface area contributed by atoms with Crippen LogP contribution in [0.25, 0.3) is 5.57 Å². The number of carbonyl (C=O) groups is 1. The maximum Gasteiger partial charge on any atom is 0.416 e. The van der Waals surface area contributed by atoms with Gasteiger partial charge in [0.25, 0.3) is 5.69 Å². The van der Waals surface area contributed by atoms with E-state index in [0.717, 1.165) is 43.7 Å². The smallest absolute Gasteiger partial charge is 0.416 e. The van der Waals surface area contributed by atoms with E-state index in [2.05, 4.69) is 0 Å². The van der Waals surface area contributed by atoms with Gasteiger partial charge in [-0.3, -0.25) is 4.79 Å². The van der Waals surface area contributed by atoms with Gasteiger partial charge >= 0.3 is 6.18 Å². The number of hydrogen-bond acceptors (Lipinski definition) is 5. The van der Waals surface area contributed by atoms with E-state index in [1.54, 1.807) is 45.9 Å². The average Bonchev–Trinajstić information content (AvgIpc) is 3.57. The Hall–Kier alpha value is -3.20. The van der Waals surface area contributed by atoms with Crippen LogP contribution < -0.4 is 4.74 Å². The molecule has 1 heterocycles. The minimum Gasteiger partial charge on any atom is -0.508 e. The molecule has 9 heteroatoms. The van der Waals surface area contributed by atoms with Gasteiger partial charge in [-0.2, -0.15) is 13.2 Å². The second kappa shape index (κ2) is 8.19. The van der Waals surface area contributed by atoms with E-state index in [9.17, 15) is 28.0 Å². The molecular formula is C26H27F3NO5+. The monoisotopic (exact) mass is 490 g/mol. The Labute approximate surface area is 200 Å². The number of nitrogens with zero attached hydrogens (tertiary/aromatic N) is 1. The average molecular weight is 490 g/mol. The summed E-state index contributed by atoms with van der Waals surface area (Å²) < 4.78 is 51.4. The van der Waals surface area contributed by atoms with Gasteiger partial charge in [-0.05, 0) is 81.8 Å². The summed E-state index contributed by atoms with van der Waals surface area (Å²) in [5.41, 5.74) is -2.08. The summed E-state index contributed by atoms with van der Waals surface area (Å²) >= 11 is 0. The molecular weight excluding hydrogens is 463 g/mol. The molecule has 4 rings (SSSR count).